The molecule has 13 heavy (non-hydrogen) atoms. The zero-order valence-corrected chi connectivity index (χ0v) is 7.36. The van der Waals surface area contributed by atoms with Gasteiger partial charge in [-0.3, -0.25) is 19.7 Å². The van der Waals surface area contributed by atoms with Gasteiger partial charge in [0.05, 0.1) is 13.7 Å². The van der Waals surface area contributed by atoms with Gasteiger partial charge in [0.1, 0.15) is 11.7 Å². The molecule has 0 spiro atoms. The molecule has 1 heterocycles. The molecule has 3 amide bonds. The molecule has 1 N–H and O–H groups in total. The fourth-order valence-corrected chi connectivity index (χ4v) is 1.06. The Bertz CT molecular complexity index is 263. The van der Waals surface area contributed by atoms with Gasteiger partial charge in [-0.1, -0.05) is 0 Å². The van der Waals surface area contributed by atoms with Crippen LogP contribution in [-0.2, 0) is 14.4 Å². The SMILES string of the molecule is CON1CC(C(C)=O)C(=O)NC1=O. The van der Waals surface area contributed by atoms with Crippen LogP contribution in [0.25, 0.3) is 0 Å². The van der Waals surface area contributed by atoms with Crippen LogP contribution in [0.5, 0.6) is 0 Å². The second kappa shape index (κ2) is 3.53. The third kappa shape index (κ3) is 1.83. The summed E-state index contributed by atoms with van der Waals surface area (Å²) in [4.78, 5) is 37.6. The molecule has 1 saturated heterocycles. The van der Waals surface area contributed by atoms with Crippen LogP contribution in [0, 0.1) is 5.92 Å². The van der Waals surface area contributed by atoms with Crippen molar-refractivity contribution in [1.29, 1.82) is 0 Å². The Morgan fingerprint density at radius 3 is 2.69 bits per heavy atom. The lowest BCUT2D eigenvalue weighted by atomic mass is 10.0. The van der Waals surface area contributed by atoms with Gasteiger partial charge in [-0.2, -0.15) is 0 Å². The van der Waals surface area contributed by atoms with Crippen molar-refractivity contribution in [3.8, 4) is 0 Å². The van der Waals surface area contributed by atoms with Gasteiger partial charge in [0.25, 0.3) is 0 Å². The van der Waals surface area contributed by atoms with E-state index in [0.29, 0.717) is 0 Å². The number of hydrogen-bond donors (Lipinski definition) is 1. The number of nitrogens with one attached hydrogen (secondary N) is 1. The quantitative estimate of drug-likeness (QED) is 0.579. The number of Topliss-reactive ketones (excluding diaryl/α,β-unsaturated/α-hetero) is 1. The van der Waals surface area contributed by atoms with E-state index in [4.69, 9.17) is 0 Å². The fourth-order valence-electron chi connectivity index (χ4n) is 1.06. The third-order valence-corrected chi connectivity index (χ3v) is 1.83. The maximum atomic E-state index is 11.1. The Hall–Kier alpha value is -1.43. The topological polar surface area (TPSA) is 75.7 Å². The normalized spacial score (nSPS) is 22.9. The Morgan fingerprint density at radius 2 is 2.23 bits per heavy atom. The van der Waals surface area contributed by atoms with E-state index in [9.17, 15) is 14.4 Å². The van der Waals surface area contributed by atoms with Crippen molar-refractivity contribution in [1.82, 2.24) is 10.4 Å². The predicted octanol–water partition coefficient (Wildman–Crippen LogP) is -0.695. The number of hydrogen-bond acceptors (Lipinski definition) is 4. The lowest BCUT2D eigenvalue weighted by molar-refractivity contribution is -0.147. The van der Waals surface area contributed by atoms with E-state index in [-0.39, 0.29) is 12.3 Å². The van der Waals surface area contributed by atoms with Crippen molar-refractivity contribution >= 4 is 17.7 Å². The van der Waals surface area contributed by atoms with Crippen LogP contribution in [0.3, 0.4) is 0 Å². The van der Waals surface area contributed by atoms with Gasteiger partial charge in [0, 0.05) is 0 Å². The number of carbonyl (C=O) groups is 3. The minimum atomic E-state index is -0.822. The largest absolute Gasteiger partial charge is 0.348 e. The molecule has 1 fully saturated rings. The molecule has 0 aromatic heterocycles. The highest BCUT2D eigenvalue weighted by atomic mass is 16.7. The monoisotopic (exact) mass is 186 g/mol. The van der Waals surface area contributed by atoms with Gasteiger partial charge in [0.2, 0.25) is 5.91 Å². The molecular formula is C7H10N2O4. The molecule has 6 heteroatoms. The first-order valence-electron chi connectivity index (χ1n) is 3.73. The molecular weight excluding hydrogens is 176 g/mol. The number of hydroxylamine groups is 2. The minimum Gasteiger partial charge on any atom is -0.299 e. The number of ketones is 1. The van der Waals surface area contributed by atoms with Crippen molar-refractivity contribution in [3.05, 3.63) is 0 Å². The van der Waals surface area contributed by atoms with Crippen molar-refractivity contribution in [2.24, 2.45) is 5.92 Å². The second-order valence-electron chi connectivity index (χ2n) is 2.70. The van der Waals surface area contributed by atoms with Crippen LogP contribution < -0.4 is 5.32 Å². The Labute approximate surface area is 74.8 Å². The molecule has 1 atom stereocenters. The molecule has 0 aromatic carbocycles. The summed E-state index contributed by atoms with van der Waals surface area (Å²) in [6, 6.07) is -0.634. The summed E-state index contributed by atoms with van der Waals surface area (Å²) in [6.45, 7) is 1.28. The van der Waals surface area contributed by atoms with E-state index in [1.165, 1.54) is 14.0 Å². The molecule has 1 aliphatic heterocycles. The highest BCUT2D eigenvalue weighted by Crippen LogP contribution is 2.08. The maximum absolute atomic E-state index is 11.1. The first-order valence-corrected chi connectivity index (χ1v) is 3.73. The van der Waals surface area contributed by atoms with E-state index in [1.807, 2.05) is 5.32 Å². The van der Waals surface area contributed by atoms with Gasteiger partial charge in [-0.15, -0.1) is 0 Å². The Balaban J connectivity index is 2.75. The average molecular weight is 186 g/mol. The lowest BCUT2D eigenvalue weighted by Gasteiger charge is -2.28. The van der Waals surface area contributed by atoms with Gasteiger partial charge in [-0.25, -0.2) is 9.86 Å². The number of carbonyl (C=O) groups excluding carboxylic acids is 3. The number of urea groups is 1. The Morgan fingerprint density at radius 1 is 1.62 bits per heavy atom. The summed E-state index contributed by atoms with van der Waals surface area (Å²) in [5, 5.41) is 2.95. The minimum absolute atomic E-state index is 0.0174. The van der Waals surface area contributed by atoms with Crippen molar-refractivity contribution in [3.63, 3.8) is 0 Å². The van der Waals surface area contributed by atoms with Gasteiger partial charge in [0.15, 0.2) is 0 Å². The molecule has 72 valence electrons. The maximum Gasteiger partial charge on any atom is 0.348 e. The second-order valence-corrected chi connectivity index (χ2v) is 2.70. The zero-order chi connectivity index (χ0) is 10.0. The van der Waals surface area contributed by atoms with Crippen molar-refractivity contribution in [2.75, 3.05) is 13.7 Å². The van der Waals surface area contributed by atoms with Crippen molar-refractivity contribution < 1.29 is 19.2 Å². The van der Waals surface area contributed by atoms with E-state index >= 15 is 0 Å². The van der Waals surface area contributed by atoms with Crippen LogP contribution >= 0.6 is 0 Å². The highest BCUT2D eigenvalue weighted by Gasteiger charge is 2.35. The van der Waals surface area contributed by atoms with Crippen LogP contribution in [0.15, 0.2) is 0 Å². The summed E-state index contributed by atoms with van der Waals surface area (Å²) in [7, 11) is 1.30. The van der Waals surface area contributed by atoms with Gasteiger partial charge in [-0.05, 0) is 6.92 Å². The highest BCUT2D eigenvalue weighted by molar-refractivity contribution is 6.08. The molecule has 1 unspecified atom stereocenters. The summed E-state index contributed by atoms with van der Waals surface area (Å²) in [5.41, 5.74) is 0. The lowest BCUT2D eigenvalue weighted by Crippen LogP contribution is -2.55. The van der Waals surface area contributed by atoms with Crippen LogP contribution in [0.2, 0.25) is 0 Å². The molecule has 0 radical (unpaired) electrons. The van der Waals surface area contributed by atoms with E-state index in [1.54, 1.807) is 0 Å². The van der Waals surface area contributed by atoms with E-state index < -0.39 is 17.9 Å². The van der Waals surface area contributed by atoms with E-state index in [0.717, 1.165) is 5.06 Å². The average Bonchev–Trinajstić information content (AvgIpc) is 2.03. The molecule has 6 nitrogen and oxygen atoms in total. The summed E-state index contributed by atoms with van der Waals surface area (Å²) < 4.78 is 0. The number of amides is 3. The standard InChI is InChI=1S/C7H10N2O4/c1-4(10)5-3-9(13-2)7(12)8-6(5)11/h5H,3H2,1-2H3,(H,8,11,12). The smallest absolute Gasteiger partial charge is 0.299 e. The number of nitrogens with zero attached hydrogens (tertiary/aromatic N) is 1. The number of rotatable bonds is 2. The molecule has 0 aliphatic carbocycles. The summed E-state index contributed by atoms with van der Waals surface area (Å²) in [5.74, 6) is -1.67. The third-order valence-electron chi connectivity index (χ3n) is 1.83. The number of imide groups is 1. The fraction of sp³-hybridized carbons (Fsp3) is 0.571. The van der Waals surface area contributed by atoms with Gasteiger partial charge >= 0.3 is 6.03 Å². The summed E-state index contributed by atoms with van der Waals surface area (Å²) >= 11 is 0. The van der Waals surface area contributed by atoms with Crippen LogP contribution in [-0.4, -0.2) is 36.4 Å². The molecule has 0 saturated carbocycles. The first-order chi connectivity index (χ1) is 6.06. The molecule has 1 aliphatic rings. The van der Waals surface area contributed by atoms with Crippen LogP contribution in [0.4, 0.5) is 4.79 Å². The summed E-state index contributed by atoms with van der Waals surface area (Å²) in [6.07, 6.45) is 0. The Kier molecular flexibility index (Phi) is 2.62. The van der Waals surface area contributed by atoms with Gasteiger partial charge < -0.3 is 0 Å². The molecule has 0 bridgehead atoms. The molecule has 1 rings (SSSR count). The van der Waals surface area contributed by atoms with Crippen molar-refractivity contribution in [2.45, 2.75) is 6.92 Å². The van der Waals surface area contributed by atoms with E-state index in [2.05, 4.69) is 4.84 Å². The molecule has 0 aromatic rings. The predicted molar refractivity (Wildman–Crippen MR) is 41.4 cm³/mol. The van der Waals surface area contributed by atoms with Crippen LogP contribution in [0.1, 0.15) is 6.92 Å². The zero-order valence-electron chi connectivity index (χ0n) is 7.36. The first kappa shape index (κ1) is 9.66.